The molecule has 0 unspecified atom stereocenters. The molecule has 2 heteroatoms. The molecule has 0 aromatic carbocycles. The van der Waals surface area contributed by atoms with E-state index >= 15 is 0 Å². The monoisotopic (exact) mass is 291 g/mol. The average molecular weight is 291 g/mol. The first-order chi connectivity index (χ1) is 9.95. The van der Waals surface area contributed by atoms with Gasteiger partial charge in [-0.05, 0) is 92.3 Å². The molecule has 0 bridgehead atoms. The minimum atomic E-state index is -0.0336. The summed E-state index contributed by atoms with van der Waals surface area (Å²) in [5.74, 6) is 3.46. The van der Waals surface area contributed by atoms with Crippen molar-refractivity contribution in [3.8, 4) is 0 Å². The molecule has 0 aromatic heterocycles. The molecule has 21 heavy (non-hydrogen) atoms. The molecule has 4 fully saturated rings. The largest absolute Gasteiger partial charge is 0.393 e. The normalized spacial score (nSPS) is 60.0. The van der Waals surface area contributed by atoms with Crippen molar-refractivity contribution in [3.63, 3.8) is 0 Å². The summed E-state index contributed by atoms with van der Waals surface area (Å²) in [6, 6.07) is 0.460. The fourth-order valence-corrected chi connectivity index (χ4v) is 7.26. The van der Waals surface area contributed by atoms with Crippen molar-refractivity contribution in [2.24, 2.45) is 40.2 Å². The van der Waals surface area contributed by atoms with Gasteiger partial charge in [0.2, 0.25) is 0 Å². The van der Waals surface area contributed by atoms with Gasteiger partial charge in [-0.1, -0.05) is 13.8 Å². The highest BCUT2D eigenvalue weighted by Crippen LogP contribution is 2.66. The van der Waals surface area contributed by atoms with Crippen molar-refractivity contribution < 1.29 is 5.11 Å². The van der Waals surface area contributed by atoms with Gasteiger partial charge in [0.15, 0.2) is 0 Å². The first-order valence-corrected chi connectivity index (χ1v) is 9.39. The Morgan fingerprint density at radius 1 is 0.857 bits per heavy atom. The fraction of sp³-hybridized carbons (Fsp3) is 1.00. The van der Waals surface area contributed by atoms with E-state index in [1.807, 2.05) is 0 Å². The van der Waals surface area contributed by atoms with Crippen molar-refractivity contribution in [2.75, 3.05) is 0 Å². The van der Waals surface area contributed by atoms with E-state index in [1.54, 1.807) is 0 Å². The minimum Gasteiger partial charge on any atom is -0.393 e. The van der Waals surface area contributed by atoms with Gasteiger partial charge in [-0.2, -0.15) is 0 Å². The van der Waals surface area contributed by atoms with Gasteiger partial charge in [0, 0.05) is 6.04 Å². The molecular formula is C19H33NO. The average Bonchev–Trinajstić information content (AvgIpc) is 2.76. The molecule has 2 nitrogen and oxygen atoms in total. The van der Waals surface area contributed by atoms with Crippen LogP contribution in [0.25, 0.3) is 0 Å². The second kappa shape index (κ2) is 4.71. The van der Waals surface area contributed by atoms with Crippen LogP contribution in [0, 0.1) is 34.5 Å². The van der Waals surface area contributed by atoms with Crippen LogP contribution in [0.5, 0.6) is 0 Å². The van der Waals surface area contributed by atoms with Crippen LogP contribution in [0.3, 0.4) is 0 Å². The van der Waals surface area contributed by atoms with Crippen molar-refractivity contribution in [3.05, 3.63) is 0 Å². The Hall–Kier alpha value is -0.0800. The lowest BCUT2D eigenvalue weighted by Gasteiger charge is -2.60. The SMILES string of the molecule is C[C@]12CC[C@@H](N)C[C@@H]1CC[C@@H]1[C@H]3CC[C@@H](O)[C@@]3(C)CC[C@@H]12. The molecule has 4 aliphatic carbocycles. The van der Waals surface area contributed by atoms with E-state index in [0.717, 1.165) is 30.1 Å². The topological polar surface area (TPSA) is 46.2 Å². The van der Waals surface area contributed by atoms with E-state index in [-0.39, 0.29) is 11.5 Å². The lowest BCUT2D eigenvalue weighted by molar-refractivity contribution is -0.122. The first kappa shape index (κ1) is 14.5. The van der Waals surface area contributed by atoms with Crippen molar-refractivity contribution in [1.82, 2.24) is 0 Å². The zero-order chi connectivity index (χ0) is 14.8. The maximum atomic E-state index is 10.5. The molecule has 4 saturated carbocycles. The summed E-state index contributed by atoms with van der Waals surface area (Å²) in [5, 5.41) is 10.5. The number of aliphatic hydroxyl groups is 1. The number of nitrogens with two attached hydrogens (primary N) is 1. The van der Waals surface area contributed by atoms with E-state index in [4.69, 9.17) is 5.73 Å². The quantitative estimate of drug-likeness (QED) is 0.714. The third kappa shape index (κ3) is 1.91. The Morgan fingerprint density at radius 3 is 2.38 bits per heavy atom. The molecule has 0 spiro atoms. The highest BCUT2D eigenvalue weighted by atomic mass is 16.3. The van der Waals surface area contributed by atoms with Gasteiger partial charge in [-0.3, -0.25) is 0 Å². The molecule has 0 amide bonds. The molecule has 8 atom stereocenters. The second-order valence-electron chi connectivity index (χ2n) is 9.33. The summed E-state index contributed by atoms with van der Waals surface area (Å²) in [4.78, 5) is 0. The fourth-order valence-electron chi connectivity index (χ4n) is 7.26. The molecule has 120 valence electrons. The molecule has 3 N–H and O–H groups in total. The number of hydrogen-bond acceptors (Lipinski definition) is 2. The van der Waals surface area contributed by atoms with Crippen molar-refractivity contribution >= 4 is 0 Å². The maximum absolute atomic E-state index is 10.5. The lowest BCUT2D eigenvalue weighted by Crippen LogP contribution is -2.55. The van der Waals surface area contributed by atoms with Crippen LogP contribution in [-0.2, 0) is 0 Å². The van der Waals surface area contributed by atoms with Gasteiger partial charge in [-0.25, -0.2) is 0 Å². The molecule has 0 saturated heterocycles. The Balaban J connectivity index is 1.62. The van der Waals surface area contributed by atoms with Crippen molar-refractivity contribution in [2.45, 2.75) is 83.8 Å². The molecule has 0 heterocycles. The van der Waals surface area contributed by atoms with Crippen molar-refractivity contribution in [1.29, 1.82) is 0 Å². The summed E-state index contributed by atoms with van der Waals surface area (Å²) in [7, 11) is 0. The molecule has 0 aromatic rings. The van der Waals surface area contributed by atoms with E-state index < -0.39 is 0 Å². The summed E-state index contributed by atoms with van der Waals surface area (Å²) in [6.45, 7) is 4.98. The van der Waals surface area contributed by atoms with Crippen LogP contribution in [0.15, 0.2) is 0 Å². The Labute approximate surface area is 129 Å². The molecular weight excluding hydrogens is 258 g/mol. The predicted octanol–water partition coefficient (Wildman–Crippen LogP) is 3.72. The van der Waals surface area contributed by atoms with Crippen LogP contribution in [0.2, 0.25) is 0 Å². The van der Waals surface area contributed by atoms with Crippen LogP contribution < -0.4 is 5.73 Å². The molecule has 0 aliphatic heterocycles. The van der Waals surface area contributed by atoms with E-state index in [0.29, 0.717) is 11.5 Å². The van der Waals surface area contributed by atoms with E-state index in [2.05, 4.69) is 13.8 Å². The summed E-state index contributed by atoms with van der Waals surface area (Å²) in [5.41, 5.74) is 7.04. The first-order valence-electron chi connectivity index (χ1n) is 9.39. The number of hydrogen-bond donors (Lipinski definition) is 2. The maximum Gasteiger partial charge on any atom is 0.0596 e. The lowest BCUT2D eigenvalue weighted by atomic mass is 9.45. The van der Waals surface area contributed by atoms with Gasteiger partial charge in [0.25, 0.3) is 0 Å². The Bertz CT molecular complexity index is 424. The van der Waals surface area contributed by atoms with Crippen LogP contribution in [-0.4, -0.2) is 17.3 Å². The smallest absolute Gasteiger partial charge is 0.0596 e. The number of fused-ring (bicyclic) bond motifs is 5. The van der Waals surface area contributed by atoms with Gasteiger partial charge in [-0.15, -0.1) is 0 Å². The third-order valence-corrected chi connectivity index (χ3v) is 8.66. The van der Waals surface area contributed by atoms with Gasteiger partial charge in [0.1, 0.15) is 0 Å². The summed E-state index contributed by atoms with van der Waals surface area (Å²) < 4.78 is 0. The van der Waals surface area contributed by atoms with Gasteiger partial charge in [0.05, 0.1) is 6.10 Å². The summed E-state index contributed by atoms with van der Waals surface area (Å²) >= 11 is 0. The predicted molar refractivity (Wildman–Crippen MR) is 85.7 cm³/mol. The van der Waals surface area contributed by atoms with Gasteiger partial charge >= 0.3 is 0 Å². The zero-order valence-electron chi connectivity index (χ0n) is 13.9. The highest BCUT2D eigenvalue weighted by Gasteiger charge is 2.59. The number of rotatable bonds is 0. The van der Waals surface area contributed by atoms with Crippen LogP contribution in [0.1, 0.15) is 71.6 Å². The summed E-state index contributed by atoms with van der Waals surface area (Å²) in [6.07, 6.45) is 11.6. The highest BCUT2D eigenvalue weighted by molar-refractivity contribution is 5.09. The minimum absolute atomic E-state index is 0.0336. The van der Waals surface area contributed by atoms with Gasteiger partial charge < -0.3 is 10.8 Å². The van der Waals surface area contributed by atoms with Crippen LogP contribution in [0.4, 0.5) is 0 Å². The standard InChI is InChI=1S/C19H33NO/c1-18-9-7-13(20)11-12(18)3-4-14-15-5-6-17(21)19(15,2)10-8-16(14)18/h12-17,21H,3-11,20H2,1-2H3/t12-,13+,14+,15+,16-,17+,18-,19-/m0/s1. The van der Waals surface area contributed by atoms with Crippen LogP contribution >= 0.6 is 0 Å². The van der Waals surface area contributed by atoms with E-state index in [9.17, 15) is 5.11 Å². The molecule has 0 radical (unpaired) electrons. The zero-order valence-corrected chi connectivity index (χ0v) is 13.9. The van der Waals surface area contributed by atoms with E-state index in [1.165, 1.54) is 51.4 Å². The molecule has 4 aliphatic rings. The Morgan fingerprint density at radius 2 is 1.57 bits per heavy atom. The molecule has 4 rings (SSSR count). The second-order valence-corrected chi connectivity index (χ2v) is 9.33. The number of aliphatic hydroxyl groups excluding tert-OH is 1. The Kier molecular flexibility index (Phi) is 3.25. The third-order valence-electron chi connectivity index (χ3n) is 8.66.